The first-order valence-electron chi connectivity index (χ1n) is 4.82. The predicted molar refractivity (Wildman–Crippen MR) is 59.8 cm³/mol. The summed E-state index contributed by atoms with van der Waals surface area (Å²) in [7, 11) is 1.32. The van der Waals surface area contributed by atoms with Crippen LogP contribution in [0.25, 0.3) is 0 Å². The SMILES string of the molecule is C=CC(=O)N(C)c1ccc(C#N)c(C(F)(F)F)c1. The lowest BCUT2D eigenvalue weighted by atomic mass is 10.1. The van der Waals surface area contributed by atoms with Crippen molar-refractivity contribution in [3.05, 3.63) is 42.0 Å². The van der Waals surface area contributed by atoms with E-state index in [1.807, 2.05) is 0 Å². The second kappa shape index (κ2) is 4.92. The van der Waals surface area contributed by atoms with Crippen molar-refractivity contribution in [2.75, 3.05) is 11.9 Å². The molecule has 0 N–H and O–H groups in total. The molecule has 18 heavy (non-hydrogen) atoms. The quantitative estimate of drug-likeness (QED) is 0.761. The van der Waals surface area contributed by atoms with Gasteiger partial charge >= 0.3 is 6.18 Å². The predicted octanol–water partition coefficient (Wildman–Crippen LogP) is 2.73. The van der Waals surface area contributed by atoms with Gasteiger partial charge in [-0.1, -0.05) is 6.58 Å². The Morgan fingerprint density at radius 2 is 2.11 bits per heavy atom. The standard InChI is InChI=1S/C12H9F3N2O/c1-3-11(18)17(2)9-5-4-8(7-16)10(6-9)12(13,14)15/h3-6H,1H2,2H3. The summed E-state index contributed by atoms with van der Waals surface area (Å²) < 4.78 is 38.1. The highest BCUT2D eigenvalue weighted by Gasteiger charge is 2.34. The van der Waals surface area contributed by atoms with Crippen LogP contribution in [0.5, 0.6) is 0 Å². The van der Waals surface area contributed by atoms with Crippen molar-refractivity contribution < 1.29 is 18.0 Å². The highest BCUT2D eigenvalue weighted by molar-refractivity contribution is 6.00. The first-order valence-corrected chi connectivity index (χ1v) is 4.82. The minimum atomic E-state index is -4.64. The Balaban J connectivity index is 3.32. The molecule has 0 spiro atoms. The second-order valence-corrected chi connectivity index (χ2v) is 3.44. The van der Waals surface area contributed by atoms with E-state index < -0.39 is 23.2 Å². The highest BCUT2D eigenvalue weighted by Crippen LogP contribution is 2.34. The van der Waals surface area contributed by atoms with Crippen LogP contribution in [0.2, 0.25) is 0 Å². The third-order valence-electron chi connectivity index (χ3n) is 2.32. The maximum absolute atomic E-state index is 12.7. The van der Waals surface area contributed by atoms with E-state index in [0.29, 0.717) is 0 Å². The Morgan fingerprint density at radius 3 is 2.56 bits per heavy atom. The van der Waals surface area contributed by atoms with Gasteiger partial charge in [0.15, 0.2) is 0 Å². The zero-order valence-electron chi connectivity index (χ0n) is 9.45. The largest absolute Gasteiger partial charge is 0.417 e. The van der Waals surface area contributed by atoms with Crippen LogP contribution in [-0.2, 0) is 11.0 Å². The normalized spacial score (nSPS) is 10.6. The second-order valence-electron chi connectivity index (χ2n) is 3.44. The Labute approximate surface area is 102 Å². The van der Waals surface area contributed by atoms with Crippen LogP contribution >= 0.6 is 0 Å². The lowest BCUT2D eigenvalue weighted by Crippen LogP contribution is -2.24. The minimum absolute atomic E-state index is 0.0474. The molecular weight excluding hydrogens is 245 g/mol. The van der Waals surface area contributed by atoms with E-state index in [2.05, 4.69) is 6.58 Å². The number of nitriles is 1. The van der Waals surface area contributed by atoms with Crippen molar-refractivity contribution in [3.8, 4) is 6.07 Å². The average Bonchev–Trinajstić information content (AvgIpc) is 2.35. The summed E-state index contributed by atoms with van der Waals surface area (Å²) >= 11 is 0. The van der Waals surface area contributed by atoms with Gasteiger partial charge in [0.25, 0.3) is 0 Å². The number of rotatable bonds is 2. The van der Waals surface area contributed by atoms with Gasteiger partial charge < -0.3 is 4.90 Å². The third-order valence-corrected chi connectivity index (χ3v) is 2.32. The summed E-state index contributed by atoms with van der Waals surface area (Å²) in [5.74, 6) is -0.534. The van der Waals surface area contributed by atoms with Gasteiger partial charge in [-0.2, -0.15) is 18.4 Å². The molecule has 0 atom stereocenters. The lowest BCUT2D eigenvalue weighted by molar-refractivity contribution is -0.137. The number of halogens is 3. The molecule has 1 aromatic rings. The Kier molecular flexibility index (Phi) is 3.76. The molecule has 6 heteroatoms. The van der Waals surface area contributed by atoms with Gasteiger partial charge in [-0.15, -0.1) is 0 Å². The fourth-order valence-electron chi connectivity index (χ4n) is 1.34. The zero-order chi connectivity index (χ0) is 13.9. The Bertz CT molecular complexity index is 529. The van der Waals surface area contributed by atoms with E-state index >= 15 is 0 Å². The molecule has 1 rings (SSSR count). The maximum atomic E-state index is 12.7. The topological polar surface area (TPSA) is 44.1 Å². The first kappa shape index (κ1) is 13.8. The smallest absolute Gasteiger partial charge is 0.312 e. The molecule has 0 aliphatic rings. The van der Waals surface area contributed by atoms with E-state index in [-0.39, 0.29) is 5.69 Å². The molecule has 0 saturated carbocycles. The van der Waals surface area contributed by atoms with Crippen LogP contribution in [0.3, 0.4) is 0 Å². The number of likely N-dealkylation sites (N-methyl/N-ethyl adjacent to an activating group) is 1. The van der Waals surface area contributed by atoms with Crippen LogP contribution in [0.4, 0.5) is 18.9 Å². The van der Waals surface area contributed by atoms with Gasteiger partial charge in [-0.05, 0) is 24.3 Å². The van der Waals surface area contributed by atoms with Crippen molar-refractivity contribution >= 4 is 11.6 Å². The number of hydrogen-bond acceptors (Lipinski definition) is 2. The maximum Gasteiger partial charge on any atom is 0.417 e. The van der Waals surface area contributed by atoms with Gasteiger partial charge in [0.05, 0.1) is 17.2 Å². The molecule has 0 saturated heterocycles. The fourth-order valence-corrected chi connectivity index (χ4v) is 1.34. The van der Waals surface area contributed by atoms with Crippen molar-refractivity contribution in [1.82, 2.24) is 0 Å². The molecule has 0 aromatic heterocycles. The summed E-state index contributed by atoms with van der Waals surface area (Å²) in [6.07, 6.45) is -3.65. The van der Waals surface area contributed by atoms with Gasteiger partial charge in [-0.25, -0.2) is 0 Å². The number of benzene rings is 1. The number of amides is 1. The van der Waals surface area contributed by atoms with Crippen molar-refractivity contribution in [1.29, 1.82) is 5.26 Å². The fraction of sp³-hybridized carbons (Fsp3) is 0.167. The molecule has 94 valence electrons. The van der Waals surface area contributed by atoms with Crippen LogP contribution in [0.1, 0.15) is 11.1 Å². The average molecular weight is 254 g/mol. The number of carbonyl (C=O) groups is 1. The van der Waals surface area contributed by atoms with Gasteiger partial charge in [0.2, 0.25) is 5.91 Å². The van der Waals surface area contributed by atoms with Crippen molar-refractivity contribution in [2.45, 2.75) is 6.18 Å². The molecule has 0 radical (unpaired) electrons. The van der Waals surface area contributed by atoms with Gasteiger partial charge in [0.1, 0.15) is 0 Å². The van der Waals surface area contributed by atoms with E-state index in [1.165, 1.54) is 19.2 Å². The number of anilines is 1. The molecule has 1 amide bonds. The first-order chi connectivity index (χ1) is 8.31. The summed E-state index contributed by atoms with van der Waals surface area (Å²) in [5, 5.41) is 8.62. The van der Waals surface area contributed by atoms with Gasteiger partial charge in [0, 0.05) is 12.7 Å². The molecule has 1 aromatic carbocycles. The molecular formula is C12H9F3N2O. The van der Waals surface area contributed by atoms with E-state index in [4.69, 9.17) is 5.26 Å². The number of alkyl halides is 3. The Morgan fingerprint density at radius 1 is 1.50 bits per heavy atom. The summed E-state index contributed by atoms with van der Waals surface area (Å²) in [4.78, 5) is 12.3. The molecule has 0 aliphatic heterocycles. The van der Waals surface area contributed by atoms with E-state index in [1.54, 1.807) is 0 Å². The number of hydrogen-bond donors (Lipinski definition) is 0. The number of carbonyl (C=O) groups excluding carboxylic acids is 1. The minimum Gasteiger partial charge on any atom is -0.312 e. The molecule has 0 fully saturated rings. The highest BCUT2D eigenvalue weighted by atomic mass is 19.4. The lowest BCUT2D eigenvalue weighted by Gasteiger charge is -2.17. The molecule has 0 bridgehead atoms. The Hall–Kier alpha value is -2.29. The summed E-state index contributed by atoms with van der Waals surface area (Å²) in [5.41, 5.74) is -1.50. The molecule has 0 heterocycles. The van der Waals surface area contributed by atoms with Crippen LogP contribution in [0.15, 0.2) is 30.9 Å². The monoisotopic (exact) mass is 254 g/mol. The summed E-state index contributed by atoms with van der Waals surface area (Å²) in [6.45, 7) is 3.25. The molecule has 3 nitrogen and oxygen atoms in total. The van der Waals surface area contributed by atoms with Crippen molar-refractivity contribution in [2.24, 2.45) is 0 Å². The van der Waals surface area contributed by atoms with Gasteiger partial charge in [-0.3, -0.25) is 4.79 Å². The van der Waals surface area contributed by atoms with Crippen molar-refractivity contribution in [3.63, 3.8) is 0 Å². The van der Waals surface area contributed by atoms with E-state index in [0.717, 1.165) is 23.1 Å². The summed E-state index contributed by atoms with van der Waals surface area (Å²) in [6, 6.07) is 4.54. The van der Waals surface area contributed by atoms with Crippen LogP contribution in [0, 0.1) is 11.3 Å². The molecule has 0 aliphatic carbocycles. The third kappa shape index (κ3) is 2.69. The number of nitrogens with zero attached hydrogens (tertiary/aromatic N) is 2. The molecule has 0 unspecified atom stereocenters. The van der Waals surface area contributed by atoms with E-state index in [9.17, 15) is 18.0 Å². The zero-order valence-corrected chi connectivity index (χ0v) is 9.45. The van der Waals surface area contributed by atoms with Crippen LogP contribution in [-0.4, -0.2) is 13.0 Å². The van der Waals surface area contributed by atoms with Crippen LogP contribution < -0.4 is 4.90 Å².